The molecule has 44 heavy (non-hydrogen) atoms. The van der Waals surface area contributed by atoms with E-state index in [9.17, 15) is 0 Å². The van der Waals surface area contributed by atoms with Gasteiger partial charge in [0.1, 0.15) is 0 Å². The van der Waals surface area contributed by atoms with E-state index in [-0.39, 0.29) is 0 Å². The van der Waals surface area contributed by atoms with Gasteiger partial charge >= 0.3 is 0 Å². The van der Waals surface area contributed by atoms with Gasteiger partial charge in [-0.3, -0.25) is 0 Å². The highest BCUT2D eigenvalue weighted by Crippen LogP contribution is 2.37. The molecule has 0 saturated carbocycles. The Hall–Kier alpha value is -3.64. The van der Waals surface area contributed by atoms with Gasteiger partial charge in [-0.2, -0.15) is 0 Å². The van der Waals surface area contributed by atoms with Gasteiger partial charge in [0.2, 0.25) is 0 Å². The number of hydrogen-bond donors (Lipinski definition) is 0. The SMILES string of the molecule is C=C/C(C)=C(\C=C/C)C/C=C\CC\C=C/C(=C\C)C(/C)=C/C=C(\C=C/C)C/C=C\C(C=C)=C1/CCC=C(CCC)C1=C(C)C. The Kier molecular flexibility index (Phi) is 19.9. The van der Waals surface area contributed by atoms with Gasteiger partial charge < -0.3 is 0 Å². The van der Waals surface area contributed by atoms with Gasteiger partial charge in [0, 0.05) is 0 Å². The van der Waals surface area contributed by atoms with Crippen LogP contribution < -0.4 is 0 Å². The Bertz CT molecular complexity index is 1320. The molecule has 0 aromatic carbocycles. The van der Waals surface area contributed by atoms with Crippen LogP contribution in [0.1, 0.15) is 107 Å². The molecule has 0 nitrogen and oxygen atoms in total. The number of allylic oxidation sites excluding steroid dienone is 26. The van der Waals surface area contributed by atoms with E-state index < -0.39 is 0 Å². The van der Waals surface area contributed by atoms with Crippen LogP contribution in [-0.2, 0) is 0 Å². The zero-order chi connectivity index (χ0) is 32.7. The Morgan fingerprint density at radius 3 is 2.14 bits per heavy atom. The molecule has 0 aliphatic heterocycles. The number of rotatable bonds is 17. The Balaban J connectivity index is 2.96. The first-order chi connectivity index (χ1) is 21.3. The molecule has 0 atom stereocenters. The molecule has 0 heteroatoms. The summed E-state index contributed by atoms with van der Waals surface area (Å²) in [6.07, 6.45) is 43.8. The zero-order valence-corrected chi connectivity index (χ0v) is 29.3. The summed E-state index contributed by atoms with van der Waals surface area (Å²) in [5.41, 5.74) is 13.5. The smallest absolute Gasteiger partial charge is 0.00942 e. The van der Waals surface area contributed by atoms with E-state index in [1.54, 1.807) is 0 Å². The fraction of sp³-hybridized carbons (Fsp3) is 0.364. The third kappa shape index (κ3) is 13.8. The van der Waals surface area contributed by atoms with Crippen LogP contribution >= 0.6 is 0 Å². The maximum absolute atomic E-state index is 4.18. The molecule has 0 aromatic rings. The minimum absolute atomic E-state index is 0.880. The summed E-state index contributed by atoms with van der Waals surface area (Å²) in [5.74, 6) is 0. The summed E-state index contributed by atoms with van der Waals surface area (Å²) in [6, 6.07) is 0. The minimum Gasteiger partial charge on any atom is -0.0988 e. The summed E-state index contributed by atoms with van der Waals surface area (Å²) in [5, 5.41) is 0. The fourth-order valence-corrected chi connectivity index (χ4v) is 5.45. The van der Waals surface area contributed by atoms with Crippen LogP contribution in [0.2, 0.25) is 0 Å². The van der Waals surface area contributed by atoms with Crippen LogP contribution in [0.5, 0.6) is 0 Å². The quantitative estimate of drug-likeness (QED) is 0.0900. The predicted molar refractivity (Wildman–Crippen MR) is 202 cm³/mol. The van der Waals surface area contributed by atoms with Crippen LogP contribution in [0, 0.1) is 0 Å². The second-order valence-corrected chi connectivity index (χ2v) is 11.5. The molecular formula is C44H60. The summed E-state index contributed by atoms with van der Waals surface area (Å²) in [4.78, 5) is 0. The molecule has 236 valence electrons. The van der Waals surface area contributed by atoms with Crippen LogP contribution in [0.15, 0.2) is 166 Å². The lowest BCUT2D eigenvalue weighted by molar-refractivity contribution is 0.847. The molecule has 1 rings (SSSR count). The van der Waals surface area contributed by atoms with Gasteiger partial charge in [-0.25, -0.2) is 0 Å². The van der Waals surface area contributed by atoms with E-state index in [0.29, 0.717) is 0 Å². The standard InChI is InChI=1S/C44H60/c1-11-24-38(27-22-30-40(16-6)43-32-23-31-42(26-13-3)44(43)35(7)8)34-33-37(10)39(15-5)28-20-18-17-19-21-29-41(25-12-2)36(9)14-4/h11-12,14-16,19-22,24-25,28,30-31,33-34H,4,6,13,17-18,23,26-27,29,32H2,1-3,5,7-10H3/b21-19-,24-11-,25-12-,28-20-,30-22-,37-33+,38-34+,39-15+,41-36+,43-40+. The van der Waals surface area contributed by atoms with Crippen LogP contribution in [0.25, 0.3) is 0 Å². The molecule has 0 radical (unpaired) electrons. The Morgan fingerprint density at radius 1 is 0.795 bits per heavy atom. The van der Waals surface area contributed by atoms with Crippen molar-refractivity contribution < 1.29 is 0 Å². The van der Waals surface area contributed by atoms with Crippen molar-refractivity contribution in [1.29, 1.82) is 0 Å². The molecule has 1 aliphatic rings. The fourth-order valence-electron chi connectivity index (χ4n) is 5.45. The van der Waals surface area contributed by atoms with Gasteiger partial charge in [-0.1, -0.05) is 129 Å². The largest absolute Gasteiger partial charge is 0.0988 e. The average Bonchev–Trinajstić information content (AvgIpc) is 3.02. The Morgan fingerprint density at radius 2 is 1.52 bits per heavy atom. The van der Waals surface area contributed by atoms with Gasteiger partial charge in [0.05, 0.1) is 0 Å². The summed E-state index contributed by atoms with van der Waals surface area (Å²) in [7, 11) is 0. The van der Waals surface area contributed by atoms with Crippen molar-refractivity contribution in [3.63, 3.8) is 0 Å². The molecule has 0 aromatic heterocycles. The molecule has 0 heterocycles. The van der Waals surface area contributed by atoms with Gasteiger partial charge in [-0.15, -0.1) is 0 Å². The predicted octanol–water partition coefficient (Wildman–Crippen LogP) is 14.0. The second kappa shape index (κ2) is 22.8. The maximum Gasteiger partial charge on any atom is -0.00942 e. The average molecular weight is 589 g/mol. The van der Waals surface area contributed by atoms with Crippen molar-refractivity contribution in [3.8, 4) is 0 Å². The van der Waals surface area contributed by atoms with Gasteiger partial charge in [0.15, 0.2) is 0 Å². The van der Waals surface area contributed by atoms with Gasteiger partial charge in [0.25, 0.3) is 0 Å². The molecule has 0 bridgehead atoms. The highest BCUT2D eigenvalue weighted by atomic mass is 14.2. The highest BCUT2D eigenvalue weighted by Gasteiger charge is 2.18. The monoisotopic (exact) mass is 588 g/mol. The molecule has 0 fully saturated rings. The van der Waals surface area contributed by atoms with Crippen molar-refractivity contribution >= 4 is 0 Å². The van der Waals surface area contributed by atoms with Crippen molar-refractivity contribution in [3.05, 3.63) is 166 Å². The van der Waals surface area contributed by atoms with Gasteiger partial charge in [-0.05, 0) is 144 Å². The topological polar surface area (TPSA) is 0 Å². The van der Waals surface area contributed by atoms with Crippen molar-refractivity contribution in [2.45, 2.75) is 107 Å². The van der Waals surface area contributed by atoms with Crippen molar-refractivity contribution in [1.82, 2.24) is 0 Å². The lowest BCUT2D eigenvalue weighted by Crippen LogP contribution is -2.05. The van der Waals surface area contributed by atoms with E-state index in [0.717, 1.165) is 44.9 Å². The van der Waals surface area contributed by atoms with Crippen molar-refractivity contribution in [2.75, 3.05) is 0 Å². The number of unbranched alkanes of at least 4 members (excludes halogenated alkanes) is 1. The van der Waals surface area contributed by atoms with E-state index in [2.05, 4.69) is 154 Å². The normalized spacial score (nSPS) is 17.4. The molecule has 1 aliphatic carbocycles. The summed E-state index contributed by atoms with van der Waals surface area (Å²) in [6.45, 7) is 25.4. The molecule has 0 spiro atoms. The first-order valence-electron chi connectivity index (χ1n) is 16.6. The van der Waals surface area contributed by atoms with Crippen LogP contribution in [0.4, 0.5) is 0 Å². The second-order valence-electron chi connectivity index (χ2n) is 11.5. The Labute approximate surface area is 272 Å². The molecule has 0 N–H and O–H groups in total. The first kappa shape index (κ1) is 38.4. The lowest BCUT2D eigenvalue weighted by atomic mass is 9.81. The van der Waals surface area contributed by atoms with E-state index in [1.165, 1.54) is 62.2 Å². The third-order valence-electron chi connectivity index (χ3n) is 7.82. The van der Waals surface area contributed by atoms with Crippen LogP contribution in [-0.4, -0.2) is 0 Å². The van der Waals surface area contributed by atoms with Crippen molar-refractivity contribution in [2.24, 2.45) is 0 Å². The number of hydrogen-bond acceptors (Lipinski definition) is 0. The molecule has 0 unspecified atom stereocenters. The van der Waals surface area contributed by atoms with Crippen LogP contribution in [0.3, 0.4) is 0 Å². The molecule has 0 amide bonds. The maximum atomic E-state index is 4.18. The summed E-state index contributed by atoms with van der Waals surface area (Å²) < 4.78 is 0. The van der Waals surface area contributed by atoms with E-state index in [4.69, 9.17) is 0 Å². The molecular weight excluding hydrogens is 528 g/mol. The molecule has 0 saturated heterocycles. The third-order valence-corrected chi connectivity index (χ3v) is 7.82. The van der Waals surface area contributed by atoms with E-state index in [1.807, 2.05) is 12.2 Å². The van der Waals surface area contributed by atoms with E-state index >= 15 is 0 Å². The highest BCUT2D eigenvalue weighted by molar-refractivity contribution is 5.57. The lowest BCUT2D eigenvalue weighted by Gasteiger charge is -2.24. The first-order valence-corrected chi connectivity index (χ1v) is 16.6. The minimum atomic E-state index is 0.880. The summed E-state index contributed by atoms with van der Waals surface area (Å²) >= 11 is 0. The zero-order valence-electron chi connectivity index (χ0n) is 29.3.